The molecule has 1 aliphatic rings. The molecule has 1 aliphatic carbocycles. The van der Waals surface area contributed by atoms with Crippen LogP contribution in [0.4, 0.5) is 0 Å². The molecule has 0 atom stereocenters. The number of benzene rings is 3. The Morgan fingerprint density at radius 1 is 0.393 bits per heavy atom. The molecular weight excluding hydrogens is 402 g/mol. The van der Waals surface area contributed by atoms with E-state index in [1.54, 1.807) is 0 Å². The van der Waals surface area contributed by atoms with E-state index in [1.807, 2.05) is 0 Å². The van der Waals surface area contributed by atoms with Gasteiger partial charge in [0.2, 0.25) is 0 Å². The number of allylic oxidation sites excluding steroid dienone is 4. The molecule has 0 unspecified atom stereocenters. The molecule has 3 aromatic rings. The van der Waals surface area contributed by atoms with Crippen molar-refractivity contribution in [3.8, 4) is 0 Å². The Bertz CT molecular complexity index is 706. The summed E-state index contributed by atoms with van der Waals surface area (Å²) in [5, 5.41) is 4.19. The summed E-state index contributed by atoms with van der Waals surface area (Å²) < 4.78 is 0. The largest absolute Gasteiger partial charge is 0.0882 e. The maximum Gasteiger partial charge on any atom is 0 e. The predicted octanol–water partition coefficient (Wildman–Crippen LogP) is 6.12. The fraction of sp³-hybridized carbons (Fsp3) is 0.154. The summed E-state index contributed by atoms with van der Waals surface area (Å²) in [6.07, 6.45) is 14.0. The second kappa shape index (κ2) is 13.3. The standard InChI is InChI=1S/C18H15P.C8H12.Ni/c1-4-10-16(11-5-1)19(17-12-6-2-7-13-17)18-14-8-3-9-15-18;1-2-4-6-8-7-5-3-1;/h1-15H;1-2,7-8H,3-6H2;. The molecule has 2 heteroatoms. The van der Waals surface area contributed by atoms with Crippen LogP contribution in [0.25, 0.3) is 0 Å². The predicted molar refractivity (Wildman–Crippen MR) is 122 cm³/mol. The van der Waals surface area contributed by atoms with Gasteiger partial charge in [-0.1, -0.05) is 115 Å². The first-order valence-corrected chi connectivity index (χ1v) is 11.0. The summed E-state index contributed by atoms with van der Waals surface area (Å²) in [5.41, 5.74) is 0. The van der Waals surface area contributed by atoms with E-state index in [-0.39, 0.29) is 16.5 Å². The van der Waals surface area contributed by atoms with Crippen molar-refractivity contribution >= 4 is 23.8 Å². The Morgan fingerprint density at radius 2 is 0.643 bits per heavy atom. The first-order valence-electron chi connectivity index (χ1n) is 9.70. The van der Waals surface area contributed by atoms with E-state index in [4.69, 9.17) is 0 Å². The smallest absolute Gasteiger partial charge is 0 e. The van der Waals surface area contributed by atoms with Gasteiger partial charge in [-0.2, -0.15) is 0 Å². The third kappa shape index (κ3) is 7.23. The minimum absolute atomic E-state index is 0. The summed E-state index contributed by atoms with van der Waals surface area (Å²) in [6.45, 7) is 0. The van der Waals surface area contributed by atoms with Crippen LogP contribution in [0.1, 0.15) is 25.7 Å². The van der Waals surface area contributed by atoms with Gasteiger partial charge in [-0.15, -0.1) is 0 Å². The molecule has 0 amide bonds. The quantitative estimate of drug-likeness (QED) is 0.268. The summed E-state index contributed by atoms with van der Waals surface area (Å²) >= 11 is 0. The number of hydrogen-bond acceptors (Lipinski definition) is 0. The van der Waals surface area contributed by atoms with E-state index in [1.165, 1.54) is 41.6 Å². The van der Waals surface area contributed by atoms with Crippen LogP contribution >= 0.6 is 7.92 Å². The van der Waals surface area contributed by atoms with Crippen molar-refractivity contribution in [2.24, 2.45) is 0 Å². The van der Waals surface area contributed by atoms with E-state index >= 15 is 0 Å². The van der Waals surface area contributed by atoms with Gasteiger partial charge in [0.15, 0.2) is 0 Å². The number of rotatable bonds is 3. The van der Waals surface area contributed by atoms with Crippen LogP contribution < -0.4 is 15.9 Å². The van der Waals surface area contributed by atoms with Crippen LogP contribution in [-0.4, -0.2) is 0 Å². The second-order valence-corrected chi connectivity index (χ2v) is 8.66. The third-order valence-corrected chi connectivity index (χ3v) is 6.82. The van der Waals surface area contributed by atoms with Crippen LogP contribution in [0.15, 0.2) is 115 Å². The molecule has 146 valence electrons. The van der Waals surface area contributed by atoms with Gasteiger partial charge in [0, 0.05) is 16.5 Å². The molecule has 0 radical (unpaired) electrons. The van der Waals surface area contributed by atoms with Gasteiger partial charge in [0.05, 0.1) is 0 Å². The van der Waals surface area contributed by atoms with Crippen LogP contribution in [0.3, 0.4) is 0 Å². The van der Waals surface area contributed by atoms with Crippen molar-refractivity contribution in [3.05, 3.63) is 115 Å². The van der Waals surface area contributed by atoms with E-state index in [9.17, 15) is 0 Å². The van der Waals surface area contributed by atoms with Crippen molar-refractivity contribution < 1.29 is 16.5 Å². The molecule has 0 saturated carbocycles. The van der Waals surface area contributed by atoms with E-state index in [2.05, 4.69) is 115 Å². The molecule has 0 heterocycles. The maximum atomic E-state index is 2.27. The molecule has 0 fully saturated rings. The second-order valence-electron chi connectivity index (χ2n) is 6.44. The first kappa shape index (κ1) is 22.4. The van der Waals surface area contributed by atoms with E-state index in [0.717, 1.165) is 0 Å². The summed E-state index contributed by atoms with van der Waals surface area (Å²) in [6, 6.07) is 32.3. The Balaban J connectivity index is 0.000000264. The molecule has 0 bridgehead atoms. The Morgan fingerprint density at radius 3 is 0.893 bits per heavy atom. The molecular formula is C26H27NiP. The van der Waals surface area contributed by atoms with Crippen LogP contribution in [-0.2, 0) is 16.5 Å². The molecule has 28 heavy (non-hydrogen) atoms. The molecule has 0 N–H and O–H groups in total. The molecule has 0 spiro atoms. The average molecular weight is 429 g/mol. The third-order valence-electron chi connectivity index (χ3n) is 4.38. The Labute approximate surface area is 181 Å². The summed E-state index contributed by atoms with van der Waals surface area (Å²) in [7, 11) is -0.446. The molecule has 0 saturated heterocycles. The number of hydrogen-bond donors (Lipinski definition) is 0. The van der Waals surface area contributed by atoms with Crippen molar-refractivity contribution in [1.29, 1.82) is 0 Å². The minimum Gasteiger partial charge on any atom is -0.0882 e. The minimum atomic E-state index is -0.446. The van der Waals surface area contributed by atoms with Crippen molar-refractivity contribution in [2.45, 2.75) is 25.7 Å². The zero-order valence-electron chi connectivity index (χ0n) is 16.1. The zero-order chi connectivity index (χ0) is 18.6. The SMILES string of the molecule is C1=CCCC=CCC1.[Ni].c1ccc(P(c2ccccc2)c2ccccc2)cc1. The van der Waals surface area contributed by atoms with Crippen LogP contribution in [0.2, 0.25) is 0 Å². The molecule has 0 aromatic heterocycles. The molecule has 4 rings (SSSR count). The topological polar surface area (TPSA) is 0 Å². The normalized spacial score (nSPS) is 12.9. The zero-order valence-corrected chi connectivity index (χ0v) is 17.9. The van der Waals surface area contributed by atoms with Gasteiger partial charge >= 0.3 is 0 Å². The Hall–Kier alpha value is -1.94. The van der Waals surface area contributed by atoms with Gasteiger partial charge in [0.1, 0.15) is 0 Å². The van der Waals surface area contributed by atoms with Crippen molar-refractivity contribution in [2.75, 3.05) is 0 Å². The molecule has 3 aromatic carbocycles. The maximum absolute atomic E-state index is 2.27. The monoisotopic (exact) mass is 428 g/mol. The molecule has 0 aliphatic heterocycles. The fourth-order valence-corrected chi connectivity index (χ4v) is 5.34. The summed E-state index contributed by atoms with van der Waals surface area (Å²) in [5.74, 6) is 0. The fourth-order valence-electron chi connectivity index (χ4n) is 3.03. The first-order chi connectivity index (χ1) is 13.4. The van der Waals surface area contributed by atoms with Crippen LogP contribution in [0, 0.1) is 0 Å². The summed E-state index contributed by atoms with van der Waals surface area (Å²) in [4.78, 5) is 0. The van der Waals surface area contributed by atoms with Crippen LogP contribution in [0.5, 0.6) is 0 Å². The van der Waals surface area contributed by atoms with Gasteiger partial charge in [-0.3, -0.25) is 0 Å². The molecule has 0 nitrogen and oxygen atoms in total. The Kier molecular flexibility index (Phi) is 10.6. The van der Waals surface area contributed by atoms with Gasteiger partial charge in [-0.25, -0.2) is 0 Å². The van der Waals surface area contributed by atoms with Gasteiger partial charge in [0.25, 0.3) is 0 Å². The van der Waals surface area contributed by atoms with E-state index in [0.29, 0.717) is 0 Å². The van der Waals surface area contributed by atoms with Gasteiger partial charge in [-0.05, 0) is 49.5 Å². The van der Waals surface area contributed by atoms with Crippen molar-refractivity contribution in [1.82, 2.24) is 0 Å². The van der Waals surface area contributed by atoms with E-state index < -0.39 is 7.92 Å². The average Bonchev–Trinajstić information content (AvgIpc) is 2.71. The van der Waals surface area contributed by atoms with Gasteiger partial charge < -0.3 is 0 Å². The van der Waals surface area contributed by atoms with Crippen molar-refractivity contribution in [3.63, 3.8) is 0 Å².